The quantitative estimate of drug-likeness (QED) is 0.721. The highest BCUT2D eigenvalue weighted by Crippen LogP contribution is 2.27. The number of aromatic nitrogens is 1. The van der Waals surface area contributed by atoms with Crippen molar-refractivity contribution in [3.8, 4) is 0 Å². The summed E-state index contributed by atoms with van der Waals surface area (Å²) in [6.07, 6.45) is -3.20. The van der Waals surface area contributed by atoms with Gasteiger partial charge in [0, 0.05) is 11.5 Å². The molecule has 0 aromatic carbocycles. The van der Waals surface area contributed by atoms with Gasteiger partial charge in [0.2, 0.25) is 0 Å². The van der Waals surface area contributed by atoms with Crippen LogP contribution in [0.15, 0.2) is 18.3 Å². The molecule has 0 aliphatic rings. The predicted molar refractivity (Wildman–Crippen MR) is 52.2 cm³/mol. The first-order valence-corrected chi connectivity index (χ1v) is 4.24. The molecule has 74 valence electrons. The molecular weight excluding hydrogens is 315 g/mol. The molecule has 0 aliphatic carbocycles. The van der Waals surface area contributed by atoms with Crippen LogP contribution in [-0.2, 0) is 11.5 Å². The van der Waals surface area contributed by atoms with E-state index in [4.69, 9.17) is 0 Å². The van der Waals surface area contributed by atoms with E-state index in [-0.39, 0.29) is 17.0 Å². The molecule has 1 rings (SSSR count). The van der Waals surface area contributed by atoms with Crippen molar-refractivity contribution in [1.29, 1.82) is 0 Å². The minimum Gasteiger partial charge on any atom is -0.252 e. The van der Waals surface area contributed by atoms with Crippen molar-refractivity contribution in [3.63, 3.8) is 0 Å². The van der Waals surface area contributed by atoms with Crippen molar-refractivity contribution in [2.24, 2.45) is 0 Å². The molecule has 0 saturated carbocycles. The average molecular weight is 321 g/mol. The Balaban J connectivity index is 0.00000144. The molecule has 1 heterocycles. The fourth-order valence-corrected chi connectivity index (χ4v) is 1.06. The minimum absolute atomic E-state index is 0. The third-order valence-corrected chi connectivity index (χ3v) is 1.92. The Morgan fingerprint density at radius 1 is 1.38 bits per heavy atom. The summed E-state index contributed by atoms with van der Waals surface area (Å²) >= 11 is 3.06. The molecule has 0 unspecified atom stereocenters. The lowest BCUT2D eigenvalue weighted by atomic mass is 10.2. The second-order valence-corrected chi connectivity index (χ2v) is 2.74. The lowest BCUT2D eigenvalue weighted by Crippen LogP contribution is -2.07. The molecule has 0 atom stereocenters. The number of hydrogen-bond acceptors (Lipinski definition) is 1. The molecule has 0 N–H and O–H groups in total. The molecule has 0 bridgehead atoms. The van der Waals surface area contributed by atoms with Gasteiger partial charge in [-0.2, -0.15) is 13.2 Å². The van der Waals surface area contributed by atoms with Gasteiger partial charge in [0.1, 0.15) is 5.69 Å². The first-order chi connectivity index (χ1) is 5.54. The number of halogens is 5. The molecule has 1 nitrogen and oxygen atoms in total. The minimum atomic E-state index is -4.35. The van der Waals surface area contributed by atoms with Crippen molar-refractivity contribution in [2.45, 2.75) is 11.5 Å². The smallest absolute Gasteiger partial charge is 0.252 e. The average Bonchev–Trinajstić information content (AvgIpc) is 2.03. The Morgan fingerprint density at radius 3 is 2.46 bits per heavy atom. The van der Waals surface area contributed by atoms with Crippen LogP contribution in [0.25, 0.3) is 0 Å². The van der Waals surface area contributed by atoms with Gasteiger partial charge in [-0.25, -0.2) is 0 Å². The maximum absolute atomic E-state index is 12.0. The van der Waals surface area contributed by atoms with E-state index in [9.17, 15) is 13.2 Å². The van der Waals surface area contributed by atoms with Gasteiger partial charge < -0.3 is 0 Å². The number of nitrogens with zero attached hydrogens (tertiary/aromatic N) is 1. The highest BCUT2D eigenvalue weighted by atomic mass is 79.9. The van der Waals surface area contributed by atoms with Crippen molar-refractivity contribution >= 4 is 32.9 Å². The van der Waals surface area contributed by atoms with E-state index in [1.54, 1.807) is 0 Å². The van der Waals surface area contributed by atoms with E-state index >= 15 is 0 Å². The van der Waals surface area contributed by atoms with Gasteiger partial charge in [0.05, 0.1) is 0 Å². The largest absolute Gasteiger partial charge is 0.433 e. The molecule has 0 spiro atoms. The molecule has 1 aromatic rings. The van der Waals surface area contributed by atoms with Crippen LogP contribution in [0, 0.1) is 0 Å². The summed E-state index contributed by atoms with van der Waals surface area (Å²) in [5.41, 5.74) is -0.281. The lowest BCUT2D eigenvalue weighted by Gasteiger charge is -2.05. The van der Waals surface area contributed by atoms with Gasteiger partial charge in [0.25, 0.3) is 0 Å². The molecule has 0 saturated heterocycles. The highest BCUT2D eigenvalue weighted by molar-refractivity contribution is 9.08. The molecule has 0 aliphatic heterocycles. The van der Waals surface area contributed by atoms with Gasteiger partial charge >= 0.3 is 6.18 Å². The zero-order valence-electron chi connectivity index (χ0n) is 6.31. The third kappa shape index (κ3) is 3.64. The highest BCUT2D eigenvalue weighted by Gasteiger charge is 2.32. The van der Waals surface area contributed by atoms with E-state index in [1.165, 1.54) is 6.07 Å². The standard InChI is InChI=1S/C7H5BrF3N.BrH/c8-4-5-1-2-12-6(3-5)7(9,10)11;/h1-3H,4H2;1H. The van der Waals surface area contributed by atoms with Gasteiger partial charge in [0.15, 0.2) is 0 Å². The Labute approximate surface area is 92.3 Å². The van der Waals surface area contributed by atoms with Crippen LogP contribution in [0.5, 0.6) is 0 Å². The Morgan fingerprint density at radius 2 is 2.00 bits per heavy atom. The Kier molecular flexibility index (Phi) is 4.91. The second-order valence-electron chi connectivity index (χ2n) is 2.18. The Bertz CT molecular complexity index is 275. The van der Waals surface area contributed by atoms with Gasteiger partial charge in [-0.1, -0.05) is 15.9 Å². The number of rotatable bonds is 1. The van der Waals surface area contributed by atoms with Crippen molar-refractivity contribution in [3.05, 3.63) is 29.6 Å². The van der Waals surface area contributed by atoms with Crippen molar-refractivity contribution in [1.82, 2.24) is 4.98 Å². The zero-order valence-corrected chi connectivity index (χ0v) is 9.61. The molecule has 1 aromatic heterocycles. The maximum atomic E-state index is 12.0. The van der Waals surface area contributed by atoms with Crippen LogP contribution in [0.1, 0.15) is 11.3 Å². The van der Waals surface area contributed by atoms with E-state index in [0.717, 1.165) is 12.3 Å². The fourth-order valence-electron chi connectivity index (χ4n) is 0.712. The number of pyridine rings is 1. The zero-order chi connectivity index (χ0) is 9.19. The van der Waals surface area contributed by atoms with Crippen LogP contribution < -0.4 is 0 Å². The monoisotopic (exact) mass is 319 g/mol. The molecule has 0 fully saturated rings. The van der Waals surface area contributed by atoms with E-state index in [1.807, 2.05) is 0 Å². The summed E-state index contributed by atoms with van der Waals surface area (Å²) in [5.74, 6) is 0. The van der Waals surface area contributed by atoms with Crippen LogP contribution >= 0.6 is 32.9 Å². The SMILES string of the molecule is Br.FC(F)(F)c1cc(CBr)ccn1. The number of hydrogen-bond donors (Lipinski definition) is 0. The second kappa shape index (κ2) is 4.95. The summed E-state index contributed by atoms with van der Waals surface area (Å²) in [6.45, 7) is 0. The van der Waals surface area contributed by atoms with Gasteiger partial charge in [-0.15, -0.1) is 17.0 Å². The first-order valence-electron chi connectivity index (χ1n) is 3.12. The molecular formula is C7H6Br2F3N. The summed E-state index contributed by atoms with van der Waals surface area (Å²) in [4.78, 5) is 3.21. The lowest BCUT2D eigenvalue weighted by molar-refractivity contribution is -0.141. The summed E-state index contributed by atoms with van der Waals surface area (Å²) < 4.78 is 36.1. The topological polar surface area (TPSA) is 12.9 Å². The van der Waals surface area contributed by atoms with E-state index in [2.05, 4.69) is 20.9 Å². The summed E-state index contributed by atoms with van der Waals surface area (Å²) in [5, 5.41) is 0.401. The molecule has 0 amide bonds. The van der Waals surface area contributed by atoms with Crippen LogP contribution in [0.4, 0.5) is 13.2 Å². The predicted octanol–water partition coefficient (Wildman–Crippen LogP) is 3.57. The van der Waals surface area contributed by atoms with E-state index < -0.39 is 11.9 Å². The van der Waals surface area contributed by atoms with Crippen molar-refractivity contribution < 1.29 is 13.2 Å². The van der Waals surface area contributed by atoms with Gasteiger partial charge in [-0.05, 0) is 17.7 Å². The number of alkyl halides is 4. The fraction of sp³-hybridized carbons (Fsp3) is 0.286. The molecule has 13 heavy (non-hydrogen) atoms. The summed E-state index contributed by atoms with van der Waals surface area (Å²) in [6, 6.07) is 2.55. The van der Waals surface area contributed by atoms with Crippen LogP contribution in [0.2, 0.25) is 0 Å². The molecule has 0 radical (unpaired) electrons. The normalized spacial score (nSPS) is 10.8. The Hall–Kier alpha value is -0.100. The van der Waals surface area contributed by atoms with Gasteiger partial charge in [-0.3, -0.25) is 4.98 Å². The summed E-state index contributed by atoms with van der Waals surface area (Å²) in [7, 11) is 0. The van der Waals surface area contributed by atoms with E-state index in [0.29, 0.717) is 10.9 Å². The van der Waals surface area contributed by atoms with Crippen molar-refractivity contribution in [2.75, 3.05) is 0 Å². The van der Waals surface area contributed by atoms with Crippen LogP contribution in [0.3, 0.4) is 0 Å². The maximum Gasteiger partial charge on any atom is 0.433 e. The first kappa shape index (κ1) is 12.9. The van der Waals surface area contributed by atoms with Crippen LogP contribution in [-0.4, -0.2) is 4.98 Å². The third-order valence-electron chi connectivity index (χ3n) is 1.27. The molecule has 6 heteroatoms.